The number of halogens is 6. The molecule has 0 amide bonds. The summed E-state index contributed by atoms with van der Waals surface area (Å²) in [5.74, 6) is -1.16. The molecule has 0 saturated carbocycles. The minimum atomic E-state index is -4.98. The van der Waals surface area contributed by atoms with Crippen molar-refractivity contribution in [2.24, 2.45) is 12.2 Å². The zero-order valence-electron chi connectivity index (χ0n) is 12.4. The van der Waals surface area contributed by atoms with Crippen LogP contribution in [0.15, 0.2) is 35.7 Å². The molecule has 1 aromatic heterocycles. The number of carbonyl (C=O) groups excluding carboxylic acids is 1. The average Bonchev–Trinajstić information content (AvgIpc) is 2.91. The molecular weight excluding hydrogens is 356 g/mol. The number of aromatic nitrogens is 2. The third kappa shape index (κ3) is 4.58. The molecule has 0 aliphatic heterocycles. The lowest BCUT2D eigenvalue weighted by atomic mass is 10.1. The molecule has 134 valence electrons. The fourth-order valence-electron chi connectivity index (χ4n) is 1.79. The second-order valence-corrected chi connectivity index (χ2v) is 4.81. The van der Waals surface area contributed by atoms with Crippen LogP contribution < -0.4 is 0 Å². The van der Waals surface area contributed by atoms with Crippen LogP contribution in [0.25, 0.3) is 0 Å². The monoisotopic (exact) mass is 365 g/mol. The molecule has 0 fully saturated rings. The van der Waals surface area contributed by atoms with Gasteiger partial charge in [-0.15, -0.1) is 0 Å². The van der Waals surface area contributed by atoms with Gasteiger partial charge in [-0.25, -0.2) is 9.78 Å². The van der Waals surface area contributed by atoms with E-state index in [9.17, 15) is 31.1 Å². The lowest BCUT2D eigenvalue weighted by molar-refractivity contribution is -0.143. The van der Waals surface area contributed by atoms with Crippen LogP contribution in [0.3, 0.4) is 0 Å². The fourth-order valence-corrected chi connectivity index (χ4v) is 1.79. The van der Waals surface area contributed by atoms with Gasteiger partial charge in [-0.05, 0) is 23.8 Å². The van der Waals surface area contributed by atoms with Crippen molar-refractivity contribution < 1.29 is 36.0 Å². The number of oxime groups is 1. The van der Waals surface area contributed by atoms with E-state index >= 15 is 0 Å². The van der Waals surface area contributed by atoms with E-state index in [0.717, 1.165) is 0 Å². The van der Waals surface area contributed by atoms with E-state index < -0.39 is 35.0 Å². The highest BCUT2D eigenvalue weighted by molar-refractivity contribution is 5.86. The SMILES string of the molecule is Cn1ccnc1C(=O)ON=Cc1cc(C(F)(F)F)cc(C(F)(F)F)c1. The minimum absolute atomic E-state index is 0.0166. The van der Waals surface area contributed by atoms with E-state index in [1.165, 1.54) is 24.0 Å². The molecule has 0 saturated heterocycles. The van der Waals surface area contributed by atoms with E-state index in [0.29, 0.717) is 18.3 Å². The van der Waals surface area contributed by atoms with Gasteiger partial charge < -0.3 is 9.40 Å². The number of nitrogens with zero attached hydrogens (tertiary/aromatic N) is 3. The zero-order chi connectivity index (χ0) is 18.8. The summed E-state index contributed by atoms with van der Waals surface area (Å²) in [6.07, 6.45) is -6.66. The van der Waals surface area contributed by atoms with E-state index in [4.69, 9.17) is 0 Å². The fraction of sp³-hybridized carbons (Fsp3) is 0.214. The highest BCUT2D eigenvalue weighted by atomic mass is 19.4. The summed E-state index contributed by atoms with van der Waals surface area (Å²) in [5, 5.41) is 3.12. The van der Waals surface area contributed by atoms with Gasteiger partial charge in [0, 0.05) is 19.4 Å². The van der Waals surface area contributed by atoms with Crippen molar-refractivity contribution in [3.63, 3.8) is 0 Å². The van der Waals surface area contributed by atoms with Gasteiger partial charge in [-0.1, -0.05) is 5.16 Å². The molecule has 0 radical (unpaired) electrons. The van der Waals surface area contributed by atoms with Crippen molar-refractivity contribution in [2.45, 2.75) is 12.4 Å². The third-order valence-electron chi connectivity index (χ3n) is 2.95. The Bertz CT molecular complexity index is 775. The summed E-state index contributed by atoms with van der Waals surface area (Å²) in [6, 6.07) is 0.887. The number of hydrogen-bond donors (Lipinski definition) is 0. The van der Waals surface area contributed by atoms with Gasteiger partial charge in [0.05, 0.1) is 17.3 Å². The van der Waals surface area contributed by atoms with Gasteiger partial charge >= 0.3 is 18.3 Å². The van der Waals surface area contributed by atoms with Crippen molar-refractivity contribution in [3.8, 4) is 0 Å². The largest absolute Gasteiger partial charge is 0.416 e. The van der Waals surface area contributed by atoms with Gasteiger partial charge in [-0.3, -0.25) is 0 Å². The van der Waals surface area contributed by atoms with Gasteiger partial charge in [0.1, 0.15) is 0 Å². The number of benzene rings is 1. The highest BCUT2D eigenvalue weighted by Crippen LogP contribution is 2.36. The minimum Gasteiger partial charge on any atom is -0.328 e. The molecule has 5 nitrogen and oxygen atoms in total. The maximum Gasteiger partial charge on any atom is 0.416 e. The molecule has 0 aliphatic carbocycles. The van der Waals surface area contributed by atoms with Crippen LogP contribution in [0.5, 0.6) is 0 Å². The summed E-state index contributed by atoms with van der Waals surface area (Å²) in [4.78, 5) is 19.6. The number of aryl methyl sites for hydroxylation is 1. The first-order valence-electron chi connectivity index (χ1n) is 6.50. The molecule has 11 heteroatoms. The van der Waals surface area contributed by atoms with Gasteiger partial charge in [0.2, 0.25) is 5.82 Å². The van der Waals surface area contributed by atoms with Crippen LogP contribution in [0.2, 0.25) is 0 Å². The van der Waals surface area contributed by atoms with Crippen LogP contribution >= 0.6 is 0 Å². The second-order valence-electron chi connectivity index (χ2n) is 4.81. The average molecular weight is 365 g/mol. The third-order valence-corrected chi connectivity index (χ3v) is 2.95. The normalized spacial score (nSPS) is 12.6. The molecule has 0 unspecified atom stereocenters. The van der Waals surface area contributed by atoms with Crippen molar-refractivity contribution in [1.29, 1.82) is 0 Å². The van der Waals surface area contributed by atoms with Crippen LogP contribution in [-0.4, -0.2) is 21.7 Å². The predicted octanol–water partition coefficient (Wildman–Crippen LogP) is 3.65. The van der Waals surface area contributed by atoms with Crippen LogP contribution in [0.4, 0.5) is 26.3 Å². The van der Waals surface area contributed by atoms with Crippen LogP contribution in [-0.2, 0) is 24.2 Å². The first kappa shape index (κ1) is 18.5. The van der Waals surface area contributed by atoms with Crippen LogP contribution in [0, 0.1) is 0 Å². The molecule has 0 N–H and O–H groups in total. The smallest absolute Gasteiger partial charge is 0.328 e. The van der Waals surface area contributed by atoms with E-state index in [2.05, 4.69) is 15.0 Å². The number of alkyl halides is 6. The topological polar surface area (TPSA) is 56.5 Å². The Labute approximate surface area is 136 Å². The summed E-state index contributed by atoms with van der Waals surface area (Å²) in [5.41, 5.74) is -3.53. The lowest BCUT2D eigenvalue weighted by Crippen LogP contribution is -2.12. The number of rotatable bonds is 3. The van der Waals surface area contributed by atoms with Crippen molar-refractivity contribution >= 4 is 12.2 Å². The van der Waals surface area contributed by atoms with Crippen molar-refractivity contribution in [2.75, 3.05) is 0 Å². The molecule has 0 bridgehead atoms. The lowest BCUT2D eigenvalue weighted by Gasteiger charge is -2.12. The quantitative estimate of drug-likeness (QED) is 0.361. The number of imidazole rings is 1. The Kier molecular flexibility index (Phi) is 4.86. The van der Waals surface area contributed by atoms with Gasteiger partial charge in [-0.2, -0.15) is 26.3 Å². The second kappa shape index (κ2) is 6.57. The Hall–Kier alpha value is -2.85. The summed E-state index contributed by atoms with van der Waals surface area (Å²) < 4.78 is 77.5. The molecule has 2 aromatic rings. The summed E-state index contributed by atoms with van der Waals surface area (Å²) >= 11 is 0. The first-order valence-corrected chi connectivity index (χ1v) is 6.50. The first-order chi connectivity index (χ1) is 11.5. The molecule has 1 aromatic carbocycles. The number of hydrogen-bond acceptors (Lipinski definition) is 4. The number of carbonyl (C=O) groups is 1. The van der Waals surface area contributed by atoms with E-state index in [1.807, 2.05) is 0 Å². The molecule has 1 heterocycles. The maximum atomic E-state index is 12.7. The van der Waals surface area contributed by atoms with E-state index in [-0.39, 0.29) is 11.9 Å². The van der Waals surface area contributed by atoms with Crippen LogP contribution in [0.1, 0.15) is 27.3 Å². The zero-order valence-corrected chi connectivity index (χ0v) is 12.4. The van der Waals surface area contributed by atoms with Crippen molar-refractivity contribution in [1.82, 2.24) is 9.55 Å². The predicted molar refractivity (Wildman–Crippen MR) is 72.7 cm³/mol. The van der Waals surface area contributed by atoms with Gasteiger partial charge in [0.15, 0.2) is 0 Å². The Balaban J connectivity index is 2.26. The van der Waals surface area contributed by atoms with Crippen molar-refractivity contribution in [3.05, 3.63) is 53.1 Å². The molecule has 2 rings (SSSR count). The molecule has 0 spiro atoms. The Morgan fingerprint density at radius 2 is 1.68 bits per heavy atom. The highest BCUT2D eigenvalue weighted by Gasteiger charge is 2.36. The standard InChI is InChI=1S/C14H9F6N3O2/c1-23-3-2-21-11(23)12(24)25-22-7-8-4-9(13(15,16)17)6-10(5-8)14(18,19)20/h2-7H,1H3. The summed E-state index contributed by atoms with van der Waals surface area (Å²) in [7, 11) is 1.48. The van der Waals surface area contributed by atoms with Gasteiger partial charge in [0.25, 0.3) is 0 Å². The maximum absolute atomic E-state index is 12.7. The Morgan fingerprint density at radius 1 is 1.12 bits per heavy atom. The molecule has 0 atom stereocenters. The molecular formula is C14H9F6N3O2. The molecule has 0 aliphatic rings. The molecule has 25 heavy (non-hydrogen) atoms. The summed E-state index contributed by atoms with van der Waals surface area (Å²) in [6.45, 7) is 0. The van der Waals surface area contributed by atoms with E-state index in [1.54, 1.807) is 0 Å². The Morgan fingerprint density at radius 3 is 2.12 bits per heavy atom.